The van der Waals surface area contributed by atoms with Crippen molar-refractivity contribution in [3.05, 3.63) is 77.9 Å². The monoisotopic (exact) mass is 489 g/mol. The Hall–Kier alpha value is -3.35. The van der Waals surface area contributed by atoms with E-state index in [-0.39, 0.29) is 5.75 Å². The maximum absolute atomic E-state index is 10.5. The second-order valence-corrected chi connectivity index (χ2v) is 9.77. The van der Waals surface area contributed by atoms with E-state index >= 15 is 0 Å². The number of rotatable bonds is 6. The third kappa shape index (κ3) is 6.62. The van der Waals surface area contributed by atoms with Gasteiger partial charge in [0.2, 0.25) is 0 Å². The zero-order valence-corrected chi connectivity index (χ0v) is 20.8. The lowest BCUT2D eigenvalue weighted by atomic mass is 10.1. The average Bonchev–Trinajstić information content (AvgIpc) is 3.21. The van der Waals surface area contributed by atoms with E-state index in [0.29, 0.717) is 11.3 Å². The molecule has 4 aromatic rings. The largest absolute Gasteiger partial charge is 0.508 e. The van der Waals surface area contributed by atoms with Crippen molar-refractivity contribution in [3.63, 3.8) is 0 Å². The minimum absolute atomic E-state index is 0.273. The lowest BCUT2D eigenvalue weighted by molar-refractivity contribution is 0.112. The number of aldehydes is 1. The molecule has 3 aromatic carbocycles. The number of thiophene rings is 1. The van der Waals surface area contributed by atoms with E-state index in [1.54, 1.807) is 47.7 Å². The summed E-state index contributed by atoms with van der Waals surface area (Å²) in [5.74, 6) is 1.41. The van der Waals surface area contributed by atoms with Crippen molar-refractivity contribution >= 4 is 27.7 Å². The molecule has 1 aromatic heterocycles. The fraction of sp³-hybridized carbons (Fsp3) is 0.276. The highest BCUT2D eigenvalue weighted by Gasteiger charge is 2.11. The van der Waals surface area contributed by atoms with Gasteiger partial charge in [-0.3, -0.25) is 9.69 Å². The quantitative estimate of drug-likeness (QED) is 0.297. The Labute approximate surface area is 210 Å². The van der Waals surface area contributed by atoms with Gasteiger partial charge in [0.1, 0.15) is 30.1 Å². The number of phenols is 2. The van der Waals surface area contributed by atoms with Crippen LogP contribution in [0.1, 0.15) is 35.2 Å². The summed E-state index contributed by atoms with van der Waals surface area (Å²) < 4.78 is 6.73. The minimum Gasteiger partial charge on any atom is -0.508 e. The van der Waals surface area contributed by atoms with Crippen LogP contribution in [0.15, 0.2) is 66.7 Å². The van der Waals surface area contributed by atoms with Crippen molar-refractivity contribution in [3.8, 4) is 27.7 Å². The van der Waals surface area contributed by atoms with Crippen molar-refractivity contribution in [2.24, 2.45) is 0 Å². The number of hydrogen-bond donors (Lipinski definition) is 2. The van der Waals surface area contributed by atoms with E-state index in [0.717, 1.165) is 35.5 Å². The summed E-state index contributed by atoms with van der Waals surface area (Å²) in [6, 6.07) is 19.9. The number of aryl methyl sites for hydroxylation is 1. The lowest BCUT2D eigenvalue weighted by Gasteiger charge is -2.26. The third-order valence-corrected chi connectivity index (χ3v) is 7.50. The van der Waals surface area contributed by atoms with Crippen LogP contribution >= 0.6 is 11.3 Å². The average molecular weight is 490 g/mol. The summed E-state index contributed by atoms with van der Waals surface area (Å²) in [6.07, 6.45) is 4.84. The van der Waals surface area contributed by atoms with E-state index in [2.05, 4.69) is 11.8 Å². The molecule has 1 fully saturated rings. The maximum Gasteiger partial charge on any atom is 0.150 e. The molecule has 35 heavy (non-hydrogen) atoms. The normalized spacial score (nSPS) is 13.7. The molecule has 0 radical (unpaired) electrons. The summed E-state index contributed by atoms with van der Waals surface area (Å²) >= 11 is 1.66. The molecular weight excluding hydrogens is 458 g/mol. The van der Waals surface area contributed by atoms with Gasteiger partial charge in [0.05, 0.1) is 0 Å². The highest BCUT2D eigenvalue weighted by atomic mass is 32.1. The number of carbonyl (C=O) groups excluding carboxylic acids is 1. The molecule has 2 heterocycles. The molecular formula is C29H31NO4S. The summed E-state index contributed by atoms with van der Waals surface area (Å²) in [5, 5.41) is 20.0. The van der Waals surface area contributed by atoms with Gasteiger partial charge in [0.15, 0.2) is 0 Å². The van der Waals surface area contributed by atoms with Crippen LogP contribution in [-0.4, -0.2) is 47.6 Å². The van der Waals surface area contributed by atoms with E-state index in [1.807, 2.05) is 30.3 Å². The molecule has 0 spiro atoms. The van der Waals surface area contributed by atoms with Gasteiger partial charge in [0.25, 0.3) is 0 Å². The number of hydrogen-bond acceptors (Lipinski definition) is 6. The molecule has 1 aliphatic heterocycles. The van der Waals surface area contributed by atoms with Crippen LogP contribution in [0.4, 0.5) is 0 Å². The fourth-order valence-electron chi connectivity index (χ4n) is 4.22. The Kier molecular flexibility index (Phi) is 8.40. The topological polar surface area (TPSA) is 70.0 Å². The first-order valence-corrected chi connectivity index (χ1v) is 12.8. The number of benzene rings is 3. The van der Waals surface area contributed by atoms with Crippen LogP contribution in [0.3, 0.4) is 0 Å². The standard InChI is InChI=1S/C15H12O2S.C14H19NO2/c1-9-13-7-6-12(17)8-14(13)18-15(9)10-2-4-11(16)5-3-10;16-12-13-4-6-14(7-5-13)17-11-10-15-8-2-1-3-9-15/h2-8,16-17H,1H3;4-7,12H,1-3,8-11H2. The Balaban J connectivity index is 0.000000165. The Morgan fingerprint density at radius 2 is 1.60 bits per heavy atom. The van der Waals surface area contributed by atoms with Crippen LogP contribution in [0.2, 0.25) is 0 Å². The maximum atomic E-state index is 10.5. The third-order valence-electron chi connectivity index (χ3n) is 6.19. The van der Waals surface area contributed by atoms with Gasteiger partial charge in [-0.2, -0.15) is 0 Å². The van der Waals surface area contributed by atoms with Crippen molar-refractivity contribution in [1.29, 1.82) is 0 Å². The van der Waals surface area contributed by atoms with Gasteiger partial charge in [-0.25, -0.2) is 0 Å². The minimum atomic E-state index is 0.273. The molecule has 5 rings (SSSR count). The molecule has 0 unspecified atom stereocenters. The second kappa shape index (κ2) is 11.9. The predicted molar refractivity (Wildman–Crippen MR) is 143 cm³/mol. The number of phenolic OH excluding ortho intramolecular Hbond substituents is 2. The summed E-state index contributed by atoms with van der Waals surface area (Å²) in [4.78, 5) is 14.1. The van der Waals surface area contributed by atoms with Gasteiger partial charge in [-0.05, 0) is 116 Å². The lowest BCUT2D eigenvalue weighted by Crippen LogP contribution is -2.33. The van der Waals surface area contributed by atoms with Crippen LogP contribution in [0, 0.1) is 6.92 Å². The van der Waals surface area contributed by atoms with Crippen LogP contribution in [0.25, 0.3) is 20.5 Å². The highest BCUT2D eigenvalue weighted by Crippen LogP contribution is 2.39. The smallest absolute Gasteiger partial charge is 0.150 e. The Morgan fingerprint density at radius 1 is 0.914 bits per heavy atom. The Morgan fingerprint density at radius 3 is 2.29 bits per heavy atom. The summed E-state index contributed by atoms with van der Waals surface area (Å²) in [7, 11) is 0. The molecule has 0 aliphatic carbocycles. The van der Waals surface area contributed by atoms with Crippen LogP contribution in [0.5, 0.6) is 17.2 Å². The highest BCUT2D eigenvalue weighted by molar-refractivity contribution is 7.22. The molecule has 6 heteroatoms. The Bertz CT molecular complexity index is 1240. The fourth-order valence-corrected chi connectivity index (χ4v) is 5.47. The summed E-state index contributed by atoms with van der Waals surface area (Å²) in [6.45, 7) is 6.20. The van der Waals surface area contributed by atoms with Gasteiger partial charge in [-0.15, -0.1) is 11.3 Å². The number of nitrogens with zero attached hydrogens (tertiary/aromatic N) is 1. The zero-order valence-electron chi connectivity index (χ0n) is 19.9. The van der Waals surface area contributed by atoms with E-state index in [9.17, 15) is 15.0 Å². The molecule has 0 saturated carbocycles. The van der Waals surface area contributed by atoms with Crippen LogP contribution < -0.4 is 4.74 Å². The number of likely N-dealkylation sites (tertiary alicyclic amines) is 1. The first-order chi connectivity index (χ1) is 17.0. The van der Waals surface area contributed by atoms with E-state index in [1.165, 1.54) is 48.2 Å². The SMILES string of the molecule is Cc1c(-c2ccc(O)cc2)sc2cc(O)ccc12.O=Cc1ccc(OCCN2CCCCC2)cc1. The van der Waals surface area contributed by atoms with Crippen LogP contribution in [-0.2, 0) is 0 Å². The van der Waals surface area contributed by atoms with E-state index < -0.39 is 0 Å². The van der Waals surface area contributed by atoms with Crippen molar-refractivity contribution < 1.29 is 19.7 Å². The number of aromatic hydroxyl groups is 2. The van der Waals surface area contributed by atoms with Gasteiger partial charge in [-0.1, -0.05) is 6.42 Å². The van der Waals surface area contributed by atoms with Crippen molar-refractivity contribution in [2.75, 3.05) is 26.2 Å². The number of piperidine rings is 1. The number of carbonyl (C=O) groups is 1. The summed E-state index contributed by atoms with van der Waals surface area (Å²) in [5.41, 5.74) is 2.99. The molecule has 0 bridgehead atoms. The van der Waals surface area contributed by atoms with Gasteiger partial charge >= 0.3 is 0 Å². The molecule has 1 saturated heterocycles. The number of ether oxygens (including phenoxy) is 1. The van der Waals surface area contributed by atoms with Gasteiger partial charge in [0, 0.05) is 21.7 Å². The molecule has 1 aliphatic rings. The first-order valence-electron chi connectivity index (χ1n) is 12.0. The molecule has 0 atom stereocenters. The number of fused-ring (bicyclic) bond motifs is 1. The van der Waals surface area contributed by atoms with E-state index in [4.69, 9.17) is 4.74 Å². The zero-order chi connectivity index (χ0) is 24.6. The first kappa shape index (κ1) is 24.8. The molecule has 0 amide bonds. The molecule has 182 valence electrons. The molecule has 2 N–H and O–H groups in total. The second-order valence-electron chi connectivity index (χ2n) is 8.72. The predicted octanol–water partition coefficient (Wildman–Crippen LogP) is 6.65. The van der Waals surface area contributed by atoms with Crippen molar-refractivity contribution in [2.45, 2.75) is 26.2 Å². The van der Waals surface area contributed by atoms with Gasteiger partial charge < -0.3 is 14.9 Å². The van der Waals surface area contributed by atoms with Crippen molar-refractivity contribution in [1.82, 2.24) is 4.90 Å². The molecule has 5 nitrogen and oxygen atoms in total.